The molecular weight excluding hydrogens is 221 g/mol. The molecule has 0 fully saturated rings. The van der Waals surface area contributed by atoms with Crippen molar-refractivity contribution in [1.82, 2.24) is 9.97 Å². The molecule has 1 amide bonds. The maximum Gasteiger partial charge on any atom is 0.258 e. The number of anilines is 1. The molecule has 4 nitrogen and oxygen atoms in total. The van der Waals surface area contributed by atoms with Gasteiger partial charge in [-0.1, -0.05) is 11.6 Å². The number of rotatable bonds is 2. The zero-order valence-corrected chi connectivity index (χ0v) is 9.14. The van der Waals surface area contributed by atoms with Crippen molar-refractivity contribution in [2.75, 3.05) is 5.32 Å². The van der Waals surface area contributed by atoms with E-state index >= 15 is 0 Å². The zero-order chi connectivity index (χ0) is 12.3. The van der Waals surface area contributed by atoms with Crippen molar-refractivity contribution in [2.45, 2.75) is 6.92 Å². The number of amides is 1. The molecule has 0 bridgehead atoms. The summed E-state index contributed by atoms with van der Waals surface area (Å²) in [4.78, 5) is 19.3. The lowest BCUT2D eigenvalue weighted by Crippen LogP contribution is -2.14. The smallest absolute Gasteiger partial charge is 0.258 e. The molecule has 0 spiro atoms. The van der Waals surface area contributed by atoms with Crippen LogP contribution >= 0.6 is 0 Å². The van der Waals surface area contributed by atoms with Crippen LogP contribution in [0.5, 0.6) is 0 Å². The molecule has 0 radical (unpaired) electrons. The van der Waals surface area contributed by atoms with E-state index in [1.54, 1.807) is 13.0 Å². The second-order valence-electron chi connectivity index (χ2n) is 3.56. The number of carbonyl (C=O) groups is 1. The average molecular weight is 231 g/mol. The first-order valence-corrected chi connectivity index (χ1v) is 4.99. The third-order valence-corrected chi connectivity index (χ3v) is 2.18. The molecular formula is C12H10FN3O. The van der Waals surface area contributed by atoms with Crippen LogP contribution in [-0.2, 0) is 0 Å². The molecule has 2 rings (SSSR count). The van der Waals surface area contributed by atoms with E-state index < -0.39 is 11.7 Å². The number of nitrogens with one attached hydrogen (secondary N) is 1. The van der Waals surface area contributed by atoms with Crippen molar-refractivity contribution in [2.24, 2.45) is 0 Å². The molecule has 1 heterocycles. The summed E-state index contributed by atoms with van der Waals surface area (Å²) in [6.45, 7) is 1.79. The van der Waals surface area contributed by atoms with Crippen LogP contribution < -0.4 is 5.32 Å². The number of hydrogen-bond donors (Lipinski definition) is 1. The van der Waals surface area contributed by atoms with E-state index in [4.69, 9.17) is 0 Å². The van der Waals surface area contributed by atoms with E-state index in [2.05, 4.69) is 15.3 Å². The fraction of sp³-hybridized carbons (Fsp3) is 0.0833. The van der Waals surface area contributed by atoms with E-state index in [1.165, 1.54) is 30.9 Å². The normalized spacial score (nSPS) is 10.0. The summed E-state index contributed by atoms with van der Waals surface area (Å²) in [5.74, 6) is -1.06. The number of nitrogens with zero attached hydrogens (tertiary/aromatic N) is 2. The van der Waals surface area contributed by atoms with Crippen molar-refractivity contribution in [3.05, 3.63) is 53.9 Å². The summed E-state index contributed by atoms with van der Waals surface area (Å²) in [6.07, 6.45) is 4.24. The quantitative estimate of drug-likeness (QED) is 0.861. The Morgan fingerprint density at radius 2 is 2.00 bits per heavy atom. The Labute approximate surface area is 97.5 Å². The Kier molecular flexibility index (Phi) is 3.09. The minimum atomic E-state index is -0.551. The third kappa shape index (κ3) is 2.63. The van der Waals surface area contributed by atoms with Crippen LogP contribution in [0.4, 0.5) is 10.1 Å². The molecule has 2 aromatic rings. The highest BCUT2D eigenvalue weighted by atomic mass is 19.1. The first-order valence-electron chi connectivity index (χ1n) is 4.99. The highest BCUT2D eigenvalue weighted by Gasteiger charge is 2.11. The van der Waals surface area contributed by atoms with Gasteiger partial charge in [-0.25, -0.2) is 14.4 Å². The lowest BCUT2D eigenvalue weighted by atomic mass is 10.1. The van der Waals surface area contributed by atoms with E-state index in [0.717, 1.165) is 5.56 Å². The molecule has 0 aliphatic rings. The van der Waals surface area contributed by atoms with E-state index in [9.17, 15) is 9.18 Å². The third-order valence-electron chi connectivity index (χ3n) is 2.18. The largest absolute Gasteiger partial charge is 0.319 e. The Balaban J connectivity index is 2.23. The van der Waals surface area contributed by atoms with Gasteiger partial charge in [-0.05, 0) is 19.1 Å². The average Bonchev–Trinajstić information content (AvgIpc) is 2.33. The molecule has 0 unspecified atom stereocenters. The topological polar surface area (TPSA) is 54.9 Å². The van der Waals surface area contributed by atoms with Crippen molar-refractivity contribution >= 4 is 11.6 Å². The molecule has 0 aliphatic carbocycles. The SMILES string of the molecule is Cc1ccc(F)c(C(=O)Nc2cncnc2)c1. The maximum absolute atomic E-state index is 13.4. The molecule has 1 aromatic carbocycles. The summed E-state index contributed by atoms with van der Waals surface area (Å²) < 4.78 is 13.4. The van der Waals surface area contributed by atoms with Crippen LogP contribution in [0.2, 0.25) is 0 Å². The Morgan fingerprint density at radius 3 is 2.71 bits per heavy atom. The van der Waals surface area contributed by atoms with Gasteiger partial charge in [0.2, 0.25) is 0 Å². The number of aromatic nitrogens is 2. The first-order chi connectivity index (χ1) is 8.16. The van der Waals surface area contributed by atoms with Crippen LogP contribution in [0.15, 0.2) is 36.9 Å². The summed E-state index contributed by atoms with van der Waals surface area (Å²) in [5, 5.41) is 2.52. The van der Waals surface area contributed by atoms with Gasteiger partial charge in [0.15, 0.2) is 0 Å². The fourth-order valence-corrected chi connectivity index (χ4v) is 1.38. The second kappa shape index (κ2) is 4.69. The number of aryl methyl sites for hydroxylation is 1. The van der Waals surface area contributed by atoms with Crippen molar-refractivity contribution < 1.29 is 9.18 Å². The summed E-state index contributed by atoms with van der Waals surface area (Å²) in [7, 11) is 0. The van der Waals surface area contributed by atoms with Crippen molar-refractivity contribution in [3.8, 4) is 0 Å². The lowest BCUT2D eigenvalue weighted by molar-refractivity contribution is 0.102. The summed E-state index contributed by atoms with van der Waals surface area (Å²) >= 11 is 0. The highest BCUT2D eigenvalue weighted by molar-refractivity contribution is 6.04. The Bertz CT molecular complexity index is 543. The molecule has 1 aromatic heterocycles. The van der Waals surface area contributed by atoms with Gasteiger partial charge >= 0.3 is 0 Å². The van der Waals surface area contributed by atoms with Crippen molar-refractivity contribution in [3.63, 3.8) is 0 Å². The van der Waals surface area contributed by atoms with Gasteiger partial charge in [0.05, 0.1) is 23.6 Å². The minimum absolute atomic E-state index is 0.00820. The number of benzene rings is 1. The van der Waals surface area contributed by atoms with Gasteiger partial charge in [-0.3, -0.25) is 4.79 Å². The molecule has 86 valence electrons. The summed E-state index contributed by atoms with van der Waals surface area (Å²) in [6, 6.07) is 4.37. The molecule has 5 heteroatoms. The van der Waals surface area contributed by atoms with E-state index in [0.29, 0.717) is 5.69 Å². The summed E-state index contributed by atoms with van der Waals surface area (Å²) in [5.41, 5.74) is 1.26. The maximum atomic E-state index is 13.4. The van der Waals surface area contributed by atoms with Crippen LogP contribution in [0.25, 0.3) is 0 Å². The van der Waals surface area contributed by atoms with Gasteiger partial charge in [-0.2, -0.15) is 0 Å². The van der Waals surface area contributed by atoms with Gasteiger partial charge in [0, 0.05) is 0 Å². The van der Waals surface area contributed by atoms with Crippen molar-refractivity contribution in [1.29, 1.82) is 0 Å². The Hall–Kier alpha value is -2.30. The second-order valence-corrected chi connectivity index (χ2v) is 3.56. The number of halogens is 1. The minimum Gasteiger partial charge on any atom is -0.319 e. The molecule has 17 heavy (non-hydrogen) atoms. The fourth-order valence-electron chi connectivity index (χ4n) is 1.38. The van der Waals surface area contributed by atoms with Crippen LogP contribution in [0.3, 0.4) is 0 Å². The molecule has 0 saturated heterocycles. The van der Waals surface area contributed by atoms with Crippen LogP contribution in [0, 0.1) is 12.7 Å². The highest BCUT2D eigenvalue weighted by Crippen LogP contribution is 2.12. The predicted octanol–water partition coefficient (Wildman–Crippen LogP) is 2.18. The van der Waals surface area contributed by atoms with Gasteiger partial charge in [0.25, 0.3) is 5.91 Å². The zero-order valence-electron chi connectivity index (χ0n) is 9.14. The molecule has 1 N–H and O–H groups in total. The number of hydrogen-bond acceptors (Lipinski definition) is 3. The Morgan fingerprint density at radius 1 is 1.29 bits per heavy atom. The lowest BCUT2D eigenvalue weighted by Gasteiger charge is -2.05. The molecule has 0 atom stereocenters. The van der Waals surface area contributed by atoms with Gasteiger partial charge in [-0.15, -0.1) is 0 Å². The standard InChI is InChI=1S/C12H10FN3O/c1-8-2-3-11(13)10(4-8)12(17)16-9-5-14-7-15-6-9/h2-7H,1H3,(H,16,17). The monoisotopic (exact) mass is 231 g/mol. The van der Waals surface area contributed by atoms with Gasteiger partial charge < -0.3 is 5.32 Å². The molecule has 0 aliphatic heterocycles. The number of carbonyl (C=O) groups excluding carboxylic acids is 1. The first kappa shape index (κ1) is 11.2. The van der Waals surface area contributed by atoms with Crippen LogP contribution in [-0.4, -0.2) is 15.9 Å². The van der Waals surface area contributed by atoms with Gasteiger partial charge in [0.1, 0.15) is 12.1 Å². The van der Waals surface area contributed by atoms with Crippen LogP contribution in [0.1, 0.15) is 15.9 Å². The predicted molar refractivity (Wildman–Crippen MR) is 61.1 cm³/mol. The van der Waals surface area contributed by atoms with E-state index in [-0.39, 0.29) is 5.56 Å². The van der Waals surface area contributed by atoms with E-state index in [1.807, 2.05) is 0 Å². The molecule has 0 saturated carbocycles.